The van der Waals surface area contributed by atoms with E-state index in [2.05, 4.69) is 32.4 Å². The molecular weight excluding hydrogens is 360 g/mol. The van der Waals surface area contributed by atoms with Crippen molar-refractivity contribution < 1.29 is 17.9 Å². The van der Waals surface area contributed by atoms with Crippen molar-refractivity contribution in [1.82, 2.24) is 9.78 Å². The Hall–Kier alpha value is -0.310. The minimum atomic E-state index is -4.28. The van der Waals surface area contributed by atoms with Gasteiger partial charge in [0.15, 0.2) is 0 Å². The molecule has 0 N–H and O–H groups in total. The Morgan fingerprint density at radius 3 is 2.67 bits per heavy atom. The van der Waals surface area contributed by atoms with Gasteiger partial charge < -0.3 is 4.74 Å². The monoisotopic (exact) mass is 374 g/mol. The van der Waals surface area contributed by atoms with Gasteiger partial charge in [-0.3, -0.25) is 4.68 Å². The van der Waals surface area contributed by atoms with Gasteiger partial charge in [0.1, 0.15) is 12.3 Å². The lowest BCUT2D eigenvalue weighted by Gasteiger charge is -2.09. The molecule has 1 aromatic rings. The summed E-state index contributed by atoms with van der Waals surface area (Å²) in [6.45, 7) is -1.31. The average molecular weight is 374 g/mol. The summed E-state index contributed by atoms with van der Waals surface area (Å²) in [6.07, 6.45) is 2.20. The molecule has 0 bridgehead atoms. The lowest BCUT2D eigenvalue weighted by atomic mass is 10.3. The first-order chi connectivity index (χ1) is 8.46. The molecule has 0 spiro atoms. The highest BCUT2D eigenvalue weighted by molar-refractivity contribution is 14.1. The normalized spacial score (nSPS) is 17.6. The standard InChI is InChI=1S/C11H14F3IN2O/c12-11(13,14)7-18-6-10-9(15)5-17(16-10)8-3-1-2-4-8/h5,8H,1-4,6-7H2. The third-order valence-corrected chi connectivity index (χ3v) is 3.86. The van der Waals surface area contributed by atoms with E-state index in [1.165, 1.54) is 12.8 Å². The molecule has 0 aliphatic heterocycles. The van der Waals surface area contributed by atoms with Gasteiger partial charge in [-0.1, -0.05) is 12.8 Å². The van der Waals surface area contributed by atoms with Gasteiger partial charge in [0, 0.05) is 6.20 Å². The Kier molecular flexibility index (Phi) is 4.52. The number of nitrogens with zero attached hydrogens (tertiary/aromatic N) is 2. The van der Waals surface area contributed by atoms with Crippen molar-refractivity contribution in [2.24, 2.45) is 0 Å². The summed E-state index contributed by atoms with van der Waals surface area (Å²) in [4.78, 5) is 0. The van der Waals surface area contributed by atoms with Gasteiger partial charge in [-0.25, -0.2) is 0 Å². The predicted molar refractivity (Wildman–Crippen MR) is 68.2 cm³/mol. The second-order valence-corrected chi connectivity index (χ2v) is 5.61. The molecule has 1 heterocycles. The van der Waals surface area contributed by atoms with E-state index in [1.807, 2.05) is 10.9 Å². The molecule has 0 unspecified atom stereocenters. The van der Waals surface area contributed by atoms with Crippen LogP contribution in [0.3, 0.4) is 0 Å². The zero-order valence-corrected chi connectivity index (χ0v) is 11.9. The zero-order valence-electron chi connectivity index (χ0n) is 9.71. The molecule has 1 saturated carbocycles. The predicted octanol–water partition coefficient (Wildman–Crippen LogP) is 3.68. The summed E-state index contributed by atoms with van der Waals surface area (Å²) >= 11 is 2.08. The van der Waals surface area contributed by atoms with Crippen LogP contribution < -0.4 is 0 Å². The summed E-state index contributed by atoms with van der Waals surface area (Å²) in [5.74, 6) is 0. The van der Waals surface area contributed by atoms with Crippen LogP contribution in [0.15, 0.2) is 6.20 Å². The molecular formula is C11H14F3IN2O. The van der Waals surface area contributed by atoms with Crippen molar-refractivity contribution in [2.75, 3.05) is 6.61 Å². The minimum Gasteiger partial charge on any atom is -0.366 e. The van der Waals surface area contributed by atoms with Gasteiger partial charge in [-0.15, -0.1) is 0 Å². The Labute approximate surface area is 117 Å². The molecule has 18 heavy (non-hydrogen) atoms. The van der Waals surface area contributed by atoms with E-state index in [1.54, 1.807) is 0 Å². The van der Waals surface area contributed by atoms with Crippen LogP contribution >= 0.6 is 22.6 Å². The van der Waals surface area contributed by atoms with Crippen molar-refractivity contribution in [1.29, 1.82) is 0 Å². The molecule has 2 rings (SSSR count). The summed E-state index contributed by atoms with van der Waals surface area (Å²) < 4.78 is 43.2. The van der Waals surface area contributed by atoms with Crippen molar-refractivity contribution >= 4 is 22.6 Å². The van der Waals surface area contributed by atoms with E-state index in [4.69, 9.17) is 0 Å². The number of aromatic nitrogens is 2. The maximum absolute atomic E-state index is 12.0. The maximum Gasteiger partial charge on any atom is 0.411 e. The number of halogens is 4. The van der Waals surface area contributed by atoms with E-state index in [0.717, 1.165) is 16.4 Å². The van der Waals surface area contributed by atoms with Crippen LogP contribution in [0.25, 0.3) is 0 Å². The molecule has 1 aliphatic rings. The lowest BCUT2D eigenvalue weighted by Crippen LogP contribution is -2.17. The number of ether oxygens (including phenoxy) is 1. The van der Waals surface area contributed by atoms with Crippen LogP contribution in [0.2, 0.25) is 0 Å². The molecule has 0 aromatic carbocycles. The fourth-order valence-corrected chi connectivity index (χ4v) is 2.67. The van der Waals surface area contributed by atoms with Crippen LogP contribution in [0.1, 0.15) is 37.4 Å². The fourth-order valence-electron chi connectivity index (χ4n) is 2.12. The SMILES string of the molecule is FC(F)(F)COCc1nn(C2CCCC2)cc1I. The first kappa shape index (κ1) is 14.1. The smallest absolute Gasteiger partial charge is 0.366 e. The minimum absolute atomic E-state index is 0.0858. The molecule has 1 aromatic heterocycles. The summed E-state index contributed by atoms with van der Waals surface area (Å²) in [5.41, 5.74) is 0.590. The third kappa shape index (κ3) is 3.84. The van der Waals surface area contributed by atoms with Crippen molar-refractivity contribution in [3.63, 3.8) is 0 Å². The summed E-state index contributed by atoms with van der Waals surface area (Å²) in [7, 11) is 0. The number of alkyl halides is 3. The summed E-state index contributed by atoms with van der Waals surface area (Å²) in [6, 6.07) is 0.398. The van der Waals surface area contributed by atoms with E-state index < -0.39 is 12.8 Å². The van der Waals surface area contributed by atoms with E-state index in [-0.39, 0.29) is 6.61 Å². The van der Waals surface area contributed by atoms with Crippen LogP contribution in [-0.4, -0.2) is 22.6 Å². The molecule has 0 atom stereocenters. The first-order valence-electron chi connectivity index (χ1n) is 5.84. The molecule has 0 saturated heterocycles. The highest BCUT2D eigenvalue weighted by Gasteiger charge is 2.28. The van der Waals surface area contributed by atoms with E-state index >= 15 is 0 Å². The van der Waals surface area contributed by atoms with Gasteiger partial charge in [0.25, 0.3) is 0 Å². The number of rotatable bonds is 4. The molecule has 7 heteroatoms. The summed E-state index contributed by atoms with van der Waals surface area (Å²) in [5, 5.41) is 4.33. The molecule has 1 aliphatic carbocycles. The van der Waals surface area contributed by atoms with Gasteiger partial charge >= 0.3 is 6.18 Å². The molecule has 0 amide bonds. The quantitative estimate of drug-likeness (QED) is 0.752. The second-order valence-electron chi connectivity index (χ2n) is 4.45. The second kappa shape index (κ2) is 5.77. The largest absolute Gasteiger partial charge is 0.411 e. The highest BCUT2D eigenvalue weighted by atomic mass is 127. The van der Waals surface area contributed by atoms with Gasteiger partial charge in [0.05, 0.1) is 16.2 Å². The van der Waals surface area contributed by atoms with Crippen molar-refractivity contribution in [2.45, 2.75) is 44.5 Å². The van der Waals surface area contributed by atoms with Crippen LogP contribution in [-0.2, 0) is 11.3 Å². The molecule has 3 nitrogen and oxygen atoms in total. The average Bonchev–Trinajstić information content (AvgIpc) is 2.86. The van der Waals surface area contributed by atoms with Crippen LogP contribution in [0.5, 0.6) is 0 Å². The lowest BCUT2D eigenvalue weighted by molar-refractivity contribution is -0.176. The molecule has 0 radical (unpaired) electrons. The van der Waals surface area contributed by atoms with Crippen molar-refractivity contribution in [3.8, 4) is 0 Å². The van der Waals surface area contributed by atoms with Crippen LogP contribution in [0, 0.1) is 3.57 Å². The molecule has 102 valence electrons. The van der Waals surface area contributed by atoms with Gasteiger partial charge in [0.2, 0.25) is 0 Å². The van der Waals surface area contributed by atoms with E-state index in [9.17, 15) is 13.2 Å². The Bertz CT molecular complexity index is 399. The van der Waals surface area contributed by atoms with Gasteiger partial charge in [-0.05, 0) is 35.4 Å². The fraction of sp³-hybridized carbons (Fsp3) is 0.727. The Balaban J connectivity index is 1.92. The Morgan fingerprint density at radius 1 is 1.39 bits per heavy atom. The number of hydrogen-bond acceptors (Lipinski definition) is 2. The third-order valence-electron chi connectivity index (χ3n) is 2.96. The topological polar surface area (TPSA) is 27.1 Å². The van der Waals surface area contributed by atoms with Crippen LogP contribution in [0.4, 0.5) is 13.2 Å². The Morgan fingerprint density at radius 2 is 2.06 bits per heavy atom. The first-order valence-corrected chi connectivity index (χ1v) is 6.91. The zero-order chi connectivity index (χ0) is 13.2. The van der Waals surface area contributed by atoms with Gasteiger partial charge in [-0.2, -0.15) is 18.3 Å². The highest BCUT2D eigenvalue weighted by Crippen LogP contribution is 2.30. The number of hydrogen-bond donors (Lipinski definition) is 0. The van der Waals surface area contributed by atoms with Crippen molar-refractivity contribution in [3.05, 3.63) is 15.5 Å². The maximum atomic E-state index is 12.0. The molecule has 1 fully saturated rings. The van der Waals surface area contributed by atoms with E-state index in [0.29, 0.717) is 11.7 Å².